The van der Waals surface area contributed by atoms with Crippen molar-refractivity contribution in [1.29, 1.82) is 0 Å². The van der Waals surface area contributed by atoms with Crippen molar-refractivity contribution in [2.24, 2.45) is 4.99 Å². The molecule has 1 aromatic carbocycles. The second kappa shape index (κ2) is 3.24. The van der Waals surface area contributed by atoms with E-state index in [4.69, 9.17) is 0 Å². The quantitative estimate of drug-likeness (QED) is 0.468. The molecule has 0 spiro atoms. The normalized spacial score (nSPS) is 9.25. The highest BCUT2D eigenvalue weighted by molar-refractivity contribution is 5.51. The van der Waals surface area contributed by atoms with Gasteiger partial charge in [-0.05, 0) is 18.6 Å². The summed E-state index contributed by atoms with van der Waals surface area (Å²) in [5.74, 6) is -1.32. The number of rotatable bonds is 1. The first-order valence-electron chi connectivity index (χ1n) is 3.18. The molecule has 0 saturated carbocycles. The summed E-state index contributed by atoms with van der Waals surface area (Å²) in [7, 11) is 0. The summed E-state index contributed by atoms with van der Waals surface area (Å²) in [5, 5.41) is 0. The van der Waals surface area contributed by atoms with Crippen LogP contribution in [0.25, 0.3) is 0 Å². The molecule has 12 heavy (non-hydrogen) atoms. The standard InChI is InChI=1S/C8H5F2NO/c1-5-2-6(9)3-7(8(5)10)11-4-12/h2-3H,1H3. The van der Waals surface area contributed by atoms with Crippen LogP contribution in [0.5, 0.6) is 0 Å². The summed E-state index contributed by atoms with van der Waals surface area (Å²) < 4.78 is 25.5. The highest BCUT2D eigenvalue weighted by atomic mass is 19.1. The number of isocyanates is 1. The lowest BCUT2D eigenvalue weighted by Crippen LogP contribution is -1.85. The van der Waals surface area contributed by atoms with Gasteiger partial charge >= 0.3 is 0 Å². The molecule has 0 heterocycles. The second-order valence-electron chi connectivity index (χ2n) is 2.26. The van der Waals surface area contributed by atoms with Gasteiger partial charge in [-0.15, -0.1) is 0 Å². The fourth-order valence-corrected chi connectivity index (χ4v) is 0.838. The van der Waals surface area contributed by atoms with Gasteiger partial charge < -0.3 is 0 Å². The van der Waals surface area contributed by atoms with Gasteiger partial charge in [0.15, 0.2) is 5.82 Å². The van der Waals surface area contributed by atoms with Gasteiger partial charge in [-0.2, -0.15) is 4.99 Å². The first-order chi connectivity index (χ1) is 5.65. The van der Waals surface area contributed by atoms with Gasteiger partial charge in [-0.25, -0.2) is 13.6 Å². The molecule has 0 aliphatic carbocycles. The maximum absolute atomic E-state index is 12.9. The molecule has 0 radical (unpaired) electrons. The maximum atomic E-state index is 12.9. The number of carbonyl (C=O) groups excluding carboxylic acids is 1. The van der Waals surface area contributed by atoms with Crippen LogP contribution in [0.2, 0.25) is 0 Å². The molecule has 0 aliphatic rings. The highest BCUT2D eigenvalue weighted by Gasteiger charge is 2.06. The predicted molar refractivity (Wildman–Crippen MR) is 38.9 cm³/mol. The minimum atomic E-state index is -0.695. The Morgan fingerprint density at radius 3 is 2.67 bits per heavy atom. The summed E-state index contributed by atoms with van der Waals surface area (Å²) in [6.45, 7) is 1.39. The second-order valence-corrected chi connectivity index (χ2v) is 2.26. The van der Waals surface area contributed by atoms with Gasteiger partial charge in [0.2, 0.25) is 6.08 Å². The molecule has 62 valence electrons. The molecule has 4 heteroatoms. The maximum Gasteiger partial charge on any atom is 0.240 e. The summed E-state index contributed by atoms with van der Waals surface area (Å²) >= 11 is 0. The number of aryl methyl sites for hydroxylation is 1. The molecule has 0 amide bonds. The Morgan fingerprint density at radius 2 is 2.08 bits per heavy atom. The van der Waals surface area contributed by atoms with E-state index >= 15 is 0 Å². The number of hydrogen-bond acceptors (Lipinski definition) is 2. The third-order valence-corrected chi connectivity index (χ3v) is 1.37. The number of aliphatic imine (C=N–C) groups is 1. The van der Waals surface area contributed by atoms with Crippen molar-refractivity contribution >= 4 is 11.8 Å². The van der Waals surface area contributed by atoms with Gasteiger partial charge in [-0.1, -0.05) is 0 Å². The van der Waals surface area contributed by atoms with Crippen LogP contribution in [0.4, 0.5) is 14.5 Å². The van der Waals surface area contributed by atoms with Gasteiger partial charge in [0.25, 0.3) is 0 Å². The molecule has 0 fully saturated rings. The summed E-state index contributed by atoms with van der Waals surface area (Å²) in [6, 6.07) is 1.87. The fraction of sp³-hybridized carbons (Fsp3) is 0.125. The molecule has 2 nitrogen and oxygen atoms in total. The smallest absolute Gasteiger partial charge is 0.211 e. The number of benzene rings is 1. The van der Waals surface area contributed by atoms with E-state index in [1.807, 2.05) is 0 Å². The topological polar surface area (TPSA) is 29.4 Å². The first kappa shape index (κ1) is 8.56. The molecule has 0 unspecified atom stereocenters. The molecule has 0 aromatic heterocycles. The van der Waals surface area contributed by atoms with E-state index in [0.717, 1.165) is 18.2 Å². The van der Waals surface area contributed by atoms with E-state index in [0.29, 0.717) is 0 Å². The van der Waals surface area contributed by atoms with Crippen LogP contribution < -0.4 is 0 Å². The number of hydrogen-bond donors (Lipinski definition) is 0. The van der Waals surface area contributed by atoms with Crippen molar-refractivity contribution in [2.75, 3.05) is 0 Å². The lowest BCUT2D eigenvalue weighted by atomic mass is 10.2. The third kappa shape index (κ3) is 1.54. The Hall–Kier alpha value is -1.54. The monoisotopic (exact) mass is 169 g/mol. The Balaban J connectivity index is 3.36. The van der Waals surface area contributed by atoms with E-state index in [9.17, 15) is 13.6 Å². The molecular weight excluding hydrogens is 164 g/mol. The number of nitrogens with zero attached hydrogens (tertiary/aromatic N) is 1. The van der Waals surface area contributed by atoms with Crippen LogP contribution in [0.3, 0.4) is 0 Å². The van der Waals surface area contributed by atoms with Crippen LogP contribution in [0.15, 0.2) is 17.1 Å². The molecule has 0 bridgehead atoms. The van der Waals surface area contributed by atoms with Gasteiger partial charge in [-0.3, -0.25) is 0 Å². The lowest BCUT2D eigenvalue weighted by molar-refractivity contribution is 0.563. The van der Waals surface area contributed by atoms with E-state index in [1.54, 1.807) is 0 Å². The average molecular weight is 169 g/mol. The van der Waals surface area contributed by atoms with Crippen molar-refractivity contribution in [2.45, 2.75) is 6.92 Å². The van der Waals surface area contributed by atoms with E-state index in [2.05, 4.69) is 4.99 Å². The zero-order valence-electron chi connectivity index (χ0n) is 6.27. The van der Waals surface area contributed by atoms with Gasteiger partial charge in [0, 0.05) is 6.07 Å². The minimum Gasteiger partial charge on any atom is -0.211 e. The van der Waals surface area contributed by atoms with Crippen LogP contribution in [0, 0.1) is 18.6 Å². The SMILES string of the molecule is Cc1cc(F)cc(N=C=O)c1F. The molecule has 0 aliphatic heterocycles. The number of halogens is 2. The highest BCUT2D eigenvalue weighted by Crippen LogP contribution is 2.21. The van der Waals surface area contributed by atoms with Crippen LogP contribution in [0.1, 0.15) is 5.56 Å². The molecule has 1 aromatic rings. The Labute approximate surface area is 67.5 Å². The van der Waals surface area contributed by atoms with Crippen molar-refractivity contribution in [1.82, 2.24) is 0 Å². The zero-order valence-corrected chi connectivity index (χ0v) is 6.27. The van der Waals surface area contributed by atoms with Crippen molar-refractivity contribution in [3.63, 3.8) is 0 Å². The van der Waals surface area contributed by atoms with E-state index in [-0.39, 0.29) is 11.3 Å². The average Bonchev–Trinajstić information content (AvgIpc) is 2.00. The van der Waals surface area contributed by atoms with E-state index < -0.39 is 11.6 Å². The summed E-state index contributed by atoms with van der Waals surface area (Å²) in [5.41, 5.74) is -0.202. The molecule has 1 rings (SSSR count). The predicted octanol–water partition coefficient (Wildman–Crippen LogP) is 2.24. The largest absolute Gasteiger partial charge is 0.240 e. The fourth-order valence-electron chi connectivity index (χ4n) is 0.838. The summed E-state index contributed by atoms with van der Waals surface area (Å²) in [4.78, 5) is 12.8. The molecule has 0 N–H and O–H groups in total. The van der Waals surface area contributed by atoms with Crippen LogP contribution in [-0.4, -0.2) is 6.08 Å². The zero-order chi connectivity index (χ0) is 9.14. The Bertz CT molecular complexity index is 356. The van der Waals surface area contributed by atoms with Gasteiger partial charge in [0.1, 0.15) is 11.5 Å². The van der Waals surface area contributed by atoms with Gasteiger partial charge in [0.05, 0.1) is 0 Å². The van der Waals surface area contributed by atoms with Crippen molar-refractivity contribution in [3.05, 3.63) is 29.3 Å². The lowest BCUT2D eigenvalue weighted by Gasteiger charge is -1.98. The minimum absolute atomic E-state index is 0.115. The first-order valence-corrected chi connectivity index (χ1v) is 3.18. The summed E-state index contributed by atoms with van der Waals surface area (Å²) in [6.07, 6.45) is 1.15. The van der Waals surface area contributed by atoms with E-state index in [1.165, 1.54) is 6.92 Å². The van der Waals surface area contributed by atoms with Crippen LogP contribution in [-0.2, 0) is 4.79 Å². The third-order valence-electron chi connectivity index (χ3n) is 1.37. The van der Waals surface area contributed by atoms with Crippen LogP contribution >= 0.6 is 0 Å². The van der Waals surface area contributed by atoms with Crippen molar-refractivity contribution in [3.8, 4) is 0 Å². The Morgan fingerprint density at radius 1 is 1.42 bits per heavy atom. The molecule has 0 atom stereocenters. The molecular formula is C8H5F2NO. The molecule has 0 saturated heterocycles. The Kier molecular flexibility index (Phi) is 2.31. The van der Waals surface area contributed by atoms with Crippen molar-refractivity contribution < 1.29 is 13.6 Å².